The van der Waals surface area contributed by atoms with E-state index in [2.05, 4.69) is 10.1 Å². The lowest BCUT2D eigenvalue weighted by atomic mass is 10.2. The van der Waals surface area contributed by atoms with Gasteiger partial charge in [0.1, 0.15) is 17.3 Å². The van der Waals surface area contributed by atoms with Crippen molar-refractivity contribution in [3.8, 4) is 23.2 Å². The Kier molecular flexibility index (Phi) is 6.37. The van der Waals surface area contributed by atoms with Crippen molar-refractivity contribution < 1.29 is 14.0 Å². The molecule has 0 fully saturated rings. The van der Waals surface area contributed by atoms with Crippen LogP contribution in [0.1, 0.15) is 17.9 Å². The molecule has 0 atom stereocenters. The van der Waals surface area contributed by atoms with Gasteiger partial charge >= 0.3 is 0 Å². The van der Waals surface area contributed by atoms with Crippen LogP contribution in [0, 0.1) is 11.3 Å². The van der Waals surface area contributed by atoms with Crippen LogP contribution in [0.15, 0.2) is 87.8 Å². The van der Waals surface area contributed by atoms with Gasteiger partial charge < -0.3 is 14.0 Å². The van der Waals surface area contributed by atoms with Gasteiger partial charge in [-0.05, 0) is 24.3 Å². The van der Waals surface area contributed by atoms with Gasteiger partial charge in [0, 0.05) is 23.1 Å². The smallest absolute Gasteiger partial charge is 0.264 e. The third-order valence-electron chi connectivity index (χ3n) is 4.21. The Labute approximate surface area is 188 Å². The van der Waals surface area contributed by atoms with Crippen LogP contribution in [0.4, 0.5) is 0 Å². The second kappa shape index (κ2) is 9.52. The first-order valence-electron chi connectivity index (χ1n) is 9.27. The van der Waals surface area contributed by atoms with Crippen molar-refractivity contribution in [1.29, 1.82) is 5.26 Å². The molecular formula is C23H15Cl2N3O3. The standard InChI is InChI=1S/C23H15Cl2N3O3/c24-17-9-15(13-26)10-19(11-17)30-21-12-18(7-4-8-20(21)25)29-14-22-27-23(28-31-22)16-5-2-1-3-6-16/h1-7,9-12H,8,14H2. The number of benzene rings is 2. The van der Waals surface area contributed by atoms with Gasteiger partial charge in [-0.1, -0.05) is 64.8 Å². The predicted molar refractivity (Wildman–Crippen MR) is 116 cm³/mol. The molecular weight excluding hydrogens is 437 g/mol. The molecule has 0 saturated carbocycles. The average molecular weight is 452 g/mol. The number of halogens is 2. The van der Waals surface area contributed by atoms with Crippen LogP contribution >= 0.6 is 23.2 Å². The van der Waals surface area contributed by atoms with Crippen LogP contribution in [-0.2, 0) is 11.3 Å². The molecule has 6 nitrogen and oxygen atoms in total. The van der Waals surface area contributed by atoms with Crippen molar-refractivity contribution >= 4 is 23.2 Å². The lowest BCUT2D eigenvalue weighted by Gasteiger charge is -2.10. The highest BCUT2D eigenvalue weighted by atomic mass is 35.5. The zero-order valence-corrected chi connectivity index (χ0v) is 17.6. The van der Waals surface area contributed by atoms with Crippen LogP contribution < -0.4 is 4.74 Å². The van der Waals surface area contributed by atoms with E-state index in [-0.39, 0.29) is 6.61 Å². The zero-order chi connectivity index (χ0) is 21.6. The molecule has 0 unspecified atom stereocenters. The molecule has 1 aliphatic carbocycles. The molecule has 0 radical (unpaired) electrons. The molecule has 154 valence electrons. The van der Waals surface area contributed by atoms with Gasteiger partial charge in [0.25, 0.3) is 5.89 Å². The molecule has 0 saturated heterocycles. The molecule has 2 aromatic carbocycles. The molecule has 8 heteroatoms. The van der Waals surface area contributed by atoms with Crippen LogP contribution in [0.25, 0.3) is 11.4 Å². The lowest BCUT2D eigenvalue weighted by Crippen LogP contribution is -1.98. The van der Waals surface area contributed by atoms with Gasteiger partial charge in [-0.25, -0.2) is 0 Å². The number of rotatable bonds is 6. The highest BCUT2D eigenvalue weighted by Gasteiger charge is 2.13. The molecule has 1 aromatic heterocycles. The average Bonchev–Trinajstić information content (AvgIpc) is 3.18. The number of hydrogen-bond donors (Lipinski definition) is 0. The summed E-state index contributed by atoms with van der Waals surface area (Å²) in [6, 6.07) is 16.3. The third-order valence-corrected chi connectivity index (χ3v) is 4.77. The first kappa shape index (κ1) is 20.7. The van der Waals surface area contributed by atoms with Crippen molar-refractivity contribution in [3.63, 3.8) is 0 Å². The number of nitrogens with zero attached hydrogens (tertiary/aromatic N) is 3. The van der Waals surface area contributed by atoms with E-state index in [9.17, 15) is 0 Å². The maximum atomic E-state index is 9.12. The summed E-state index contributed by atoms with van der Waals surface area (Å²) in [7, 11) is 0. The van der Waals surface area contributed by atoms with E-state index in [1.165, 1.54) is 0 Å². The van der Waals surface area contributed by atoms with E-state index < -0.39 is 0 Å². The molecule has 4 rings (SSSR count). The van der Waals surface area contributed by atoms with Gasteiger partial charge in [0.05, 0.1) is 16.7 Å². The van der Waals surface area contributed by atoms with Crippen molar-refractivity contribution in [3.05, 3.63) is 99.8 Å². The minimum absolute atomic E-state index is 0.0800. The minimum atomic E-state index is 0.0800. The van der Waals surface area contributed by atoms with E-state index in [1.807, 2.05) is 42.5 Å². The first-order chi connectivity index (χ1) is 15.1. The molecule has 1 aliphatic rings. The van der Waals surface area contributed by atoms with Crippen molar-refractivity contribution in [2.45, 2.75) is 13.0 Å². The fraction of sp³-hybridized carbons (Fsp3) is 0.0870. The summed E-state index contributed by atoms with van der Waals surface area (Å²) in [5.74, 6) is 2.13. The zero-order valence-electron chi connectivity index (χ0n) is 16.1. The number of aromatic nitrogens is 2. The Bertz CT molecular complexity index is 1220. The van der Waals surface area contributed by atoms with Gasteiger partial charge in [-0.2, -0.15) is 10.2 Å². The van der Waals surface area contributed by atoms with Gasteiger partial charge in [0.2, 0.25) is 5.82 Å². The molecule has 0 aliphatic heterocycles. The summed E-state index contributed by atoms with van der Waals surface area (Å²) in [5, 5.41) is 14.0. The normalized spacial score (nSPS) is 13.4. The molecule has 0 amide bonds. The first-order valence-corrected chi connectivity index (χ1v) is 10.0. The summed E-state index contributed by atoms with van der Waals surface area (Å²) in [6.45, 7) is 0.0800. The quantitative estimate of drug-likeness (QED) is 0.446. The second-order valence-corrected chi connectivity index (χ2v) is 7.37. The van der Waals surface area contributed by atoms with Crippen molar-refractivity contribution in [2.75, 3.05) is 0 Å². The van der Waals surface area contributed by atoms with E-state index >= 15 is 0 Å². The highest BCUT2D eigenvalue weighted by Crippen LogP contribution is 2.28. The largest absolute Gasteiger partial charge is 0.484 e. The molecule has 0 N–H and O–H groups in total. The molecule has 31 heavy (non-hydrogen) atoms. The SMILES string of the molecule is N#Cc1cc(Cl)cc(OC2=C(Cl)CC=CC(OCc3nc(-c4ccccc4)no3)=C2)c1. The fourth-order valence-corrected chi connectivity index (χ4v) is 3.19. The Morgan fingerprint density at radius 2 is 1.97 bits per heavy atom. The Balaban J connectivity index is 1.48. The Morgan fingerprint density at radius 3 is 2.77 bits per heavy atom. The van der Waals surface area contributed by atoms with E-state index in [1.54, 1.807) is 30.4 Å². The monoisotopic (exact) mass is 451 g/mol. The number of allylic oxidation sites excluding steroid dienone is 4. The van der Waals surface area contributed by atoms with Gasteiger partial charge in [-0.15, -0.1) is 0 Å². The summed E-state index contributed by atoms with van der Waals surface area (Å²) >= 11 is 12.4. The summed E-state index contributed by atoms with van der Waals surface area (Å²) < 4.78 is 17.0. The van der Waals surface area contributed by atoms with E-state index in [0.29, 0.717) is 51.0 Å². The maximum Gasteiger partial charge on any atom is 0.264 e. The fourth-order valence-electron chi connectivity index (χ4n) is 2.79. The highest BCUT2D eigenvalue weighted by molar-refractivity contribution is 6.31. The summed E-state index contributed by atoms with van der Waals surface area (Å²) in [4.78, 5) is 4.35. The van der Waals surface area contributed by atoms with Crippen molar-refractivity contribution in [1.82, 2.24) is 10.1 Å². The van der Waals surface area contributed by atoms with Crippen LogP contribution in [0.3, 0.4) is 0 Å². The predicted octanol–water partition coefficient (Wildman–Crippen LogP) is 6.15. The molecule has 0 spiro atoms. The third kappa shape index (κ3) is 5.34. The van der Waals surface area contributed by atoms with Crippen LogP contribution in [-0.4, -0.2) is 10.1 Å². The summed E-state index contributed by atoms with van der Waals surface area (Å²) in [6.07, 6.45) is 5.76. The van der Waals surface area contributed by atoms with Gasteiger partial charge in [-0.3, -0.25) is 0 Å². The molecule has 3 aromatic rings. The number of nitriles is 1. The van der Waals surface area contributed by atoms with Crippen molar-refractivity contribution in [2.24, 2.45) is 0 Å². The number of hydrogen-bond acceptors (Lipinski definition) is 6. The molecule has 0 bridgehead atoms. The second-order valence-electron chi connectivity index (χ2n) is 6.48. The maximum absolute atomic E-state index is 9.12. The lowest BCUT2D eigenvalue weighted by molar-refractivity contribution is 0.172. The summed E-state index contributed by atoms with van der Waals surface area (Å²) in [5.41, 5.74) is 1.24. The van der Waals surface area contributed by atoms with Crippen LogP contribution in [0.5, 0.6) is 5.75 Å². The van der Waals surface area contributed by atoms with Gasteiger partial charge in [0.15, 0.2) is 6.61 Å². The topological polar surface area (TPSA) is 81.2 Å². The Morgan fingerprint density at radius 1 is 1.13 bits per heavy atom. The Hall–Kier alpha value is -3.53. The van der Waals surface area contributed by atoms with E-state index in [4.69, 9.17) is 42.5 Å². The van der Waals surface area contributed by atoms with Crippen LogP contribution in [0.2, 0.25) is 5.02 Å². The number of ether oxygens (including phenoxy) is 2. The van der Waals surface area contributed by atoms with E-state index in [0.717, 1.165) is 5.56 Å². The molecule has 1 heterocycles. The minimum Gasteiger partial charge on any atom is -0.484 e.